The number of carbonyl (C=O) groups is 1. The van der Waals surface area contributed by atoms with E-state index in [9.17, 15) is 9.59 Å². The van der Waals surface area contributed by atoms with E-state index in [0.29, 0.717) is 12.5 Å². The second-order valence-electron chi connectivity index (χ2n) is 7.33. The minimum absolute atomic E-state index is 0.0651. The van der Waals surface area contributed by atoms with Gasteiger partial charge >= 0.3 is 0 Å². The number of anilines is 1. The van der Waals surface area contributed by atoms with E-state index < -0.39 is 0 Å². The summed E-state index contributed by atoms with van der Waals surface area (Å²) < 4.78 is 1.71. The second kappa shape index (κ2) is 7.78. The SMILES string of the molecule is Cc1cc(=O)n(CCC(=O)Nc2ccccc2C(C)C)c2c(C)cccc12. The monoisotopic (exact) mass is 362 g/mol. The first kappa shape index (κ1) is 18.9. The smallest absolute Gasteiger partial charge is 0.251 e. The van der Waals surface area contributed by atoms with Crippen LogP contribution in [0.2, 0.25) is 0 Å². The Bertz CT molecular complexity index is 1050. The topological polar surface area (TPSA) is 51.1 Å². The van der Waals surface area contributed by atoms with E-state index in [1.807, 2.05) is 56.3 Å². The largest absolute Gasteiger partial charge is 0.326 e. The molecule has 4 heteroatoms. The highest BCUT2D eigenvalue weighted by Gasteiger charge is 2.12. The Kier molecular flexibility index (Phi) is 5.45. The number of aromatic nitrogens is 1. The first-order valence-electron chi connectivity index (χ1n) is 9.37. The Balaban J connectivity index is 1.84. The van der Waals surface area contributed by atoms with Crippen LogP contribution in [0.15, 0.2) is 53.3 Å². The van der Waals surface area contributed by atoms with E-state index >= 15 is 0 Å². The molecule has 3 rings (SSSR count). The standard InChI is InChI=1S/C23H26N2O2/c1-15(2)18-9-5-6-11-20(18)24-21(26)12-13-25-22(27)14-17(4)19-10-7-8-16(3)23(19)25/h5-11,14-15H,12-13H2,1-4H3,(H,24,26). The number of hydrogen-bond acceptors (Lipinski definition) is 2. The third-order valence-corrected chi connectivity index (χ3v) is 4.96. The maximum absolute atomic E-state index is 12.6. The number of benzene rings is 2. The van der Waals surface area contributed by atoms with Crippen LogP contribution >= 0.6 is 0 Å². The van der Waals surface area contributed by atoms with Crippen molar-refractivity contribution in [1.82, 2.24) is 4.57 Å². The number of fused-ring (bicyclic) bond motifs is 1. The zero-order chi connectivity index (χ0) is 19.6. The van der Waals surface area contributed by atoms with Crippen molar-refractivity contribution in [3.63, 3.8) is 0 Å². The van der Waals surface area contributed by atoms with E-state index in [1.54, 1.807) is 10.6 Å². The molecule has 1 heterocycles. The third-order valence-electron chi connectivity index (χ3n) is 4.96. The number of nitrogens with one attached hydrogen (secondary N) is 1. The molecule has 0 saturated carbocycles. The molecule has 140 valence electrons. The van der Waals surface area contributed by atoms with Crippen molar-refractivity contribution in [2.75, 3.05) is 5.32 Å². The molecule has 0 aliphatic heterocycles. The third kappa shape index (κ3) is 3.95. The molecular weight excluding hydrogens is 336 g/mol. The number of pyridine rings is 1. The maximum atomic E-state index is 12.6. The van der Waals surface area contributed by atoms with Crippen LogP contribution in [0.4, 0.5) is 5.69 Å². The lowest BCUT2D eigenvalue weighted by atomic mass is 10.0. The fourth-order valence-electron chi connectivity index (χ4n) is 3.55. The van der Waals surface area contributed by atoms with E-state index in [0.717, 1.165) is 33.3 Å². The van der Waals surface area contributed by atoms with Gasteiger partial charge < -0.3 is 9.88 Å². The van der Waals surface area contributed by atoms with Gasteiger partial charge in [0.1, 0.15) is 0 Å². The Morgan fingerprint density at radius 3 is 2.52 bits per heavy atom. The number of aryl methyl sites for hydroxylation is 3. The van der Waals surface area contributed by atoms with Gasteiger partial charge in [-0.15, -0.1) is 0 Å². The van der Waals surface area contributed by atoms with Gasteiger partial charge in [-0.1, -0.05) is 50.2 Å². The summed E-state index contributed by atoms with van der Waals surface area (Å²) in [5.74, 6) is 0.241. The van der Waals surface area contributed by atoms with Crippen LogP contribution in [-0.4, -0.2) is 10.5 Å². The minimum Gasteiger partial charge on any atom is -0.326 e. The van der Waals surface area contributed by atoms with E-state index in [2.05, 4.69) is 19.2 Å². The van der Waals surface area contributed by atoms with Crippen LogP contribution < -0.4 is 10.9 Å². The van der Waals surface area contributed by atoms with Crippen molar-refractivity contribution in [3.8, 4) is 0 Å². The fourth-order valence-corrected chi connectivity index (χ4v) is 3.55. The number of rotatable bonds is 5. The van der Waals surface area contributed by atoms with Gasteiger partial charge in [0, 0.05) is 30.1 Å². The van der Waals surface area contributed by atoms with Gasteiger partial charge in [-0.05, 0) is 42.5 Å². The van der Waals surface area contributed by atoms with Crippen molar-refractivity contribution < 1.29 is 4.79 Å². The Hall–Kier alpha value is -2.88. The molecule has 0 radical (unpaired) electrons. The molecule has 0 saturated heterocycles. The molecule has 0 bridgehead atoms. The molecule has 0 fully saturated rings. The number of carbonyl (C=O) groups excluding carboxylic acids is 1. The van der Waals surface area contributed by atoms with Crippen molar-refractivity contribution in [2.24, 2.45) is 0 Å². The predicted molar refractivity (Wildman–Crippen MR) is 111 cm³/mol. The molecule has 4 nitrogen and oxygen atoms in total. The number of amides is 1. The van der Waals surface area contributed by atoms with E-state index in [1.165, 1.54) is 0 Å². The van der Waals surface area contributed by atoms with Crippen molar-refractivity contribution in [3.05, 3.63) is 75.6 Å². The summed E-state index contributed by atoms with van der Waals surface area (Å²) in [7, 11) is 0. The van der Waals surface area contributed by atoms with Gasteiger partial charge in [-0.2, -0.15) is 0 Å². The molecule has 3 aromatic rings. The average molecular weight is 362 g/mol. The molecule has 0 atom stereocenters. The van der Waals surface area contributed by atoms with Crippen molar-refractivity contribution in [2.45, 2.75) is 46.6 Å². The molecule has 1 amide bonds. The zero-order valence-corrected chi connectivity index (χ0v) is 16.4. The molecule has 1 aromatic heterocycles. The van der Waals surface area contributed by atoms with Crippen LogP contribution in [0.3, 0.4) is 0 Å². The number of hydrogen-bond donors (Lipinski definition) is 1. The first-order chi connectivity index (χ1) is 12.9. The molecule has 0 aliphatic rings. The Morgan fingerprint density at radius 2 is 1.78 bits per heavy atom. The van der Waals surface area contributed by atoms with Gasteiger partial charge in [0.2, 0.25) is 5.91 Å². The van der Waals surface area contributed by atoms with Crippen molar-refractivity contribution in [1.29, 1.82) is 0 Å². The summed E-state index contributed by atoms with van der Waals surface area (Å²) in [5, 5.41) is 4.06. The van der Waals surface area contributed by atoms with Gasteiger partial charge in [0.25, 0.3) is 5.56 Å². The Morgan fingerprint density at radius 1 is 1.04 bits per heavy atom. The van der Waals surface area contributed by atoms with Crippen LogP contribution in [0.25, 0.3) is 10.9 Å². The normalized spacial score (nSPS) is 11.1. The van der Waals surface area contributed by atoms with Crippen LogP contribution in [0.1, 0.15) is 42.9 Å². The zero-order valence-electron chi connectivity index (χ0n) is 16.4. The quantitative estimate of drug-likeness (QED) is 0.711. The number of para-hydroxylation sites is 2. The summed E-state index contributed by atoms with van der Waals surface area (Å²) in [6.07, 6.45) is 0.249. The summed E-state index contributed by atoms with van der Waals surface area (Å²) >= 11 is 0. The fraction of sp³-hybridized carbons (Fsp3) is 0.304. The first-order valence-corrected chi connectivity index (χ1v) is 9.37. The van der Waals surface area contributed by atoms with Crippen LogP contribution in [0.5, 0.6) is 0 Å². The van der Waals surface area contributed by atoms with E-state index in [4.69, 9.17) is 0 Å². The lowest BCUT2D eigenvalue weighted by Gasteiger charge is -2.16. The molecule has 0 aliphatic carbocycles. The van der Waals surface area contributed by atoms with Crippen LogP contribution in [-0.2, 0) is 11.3 Å². The predicted octanol–water partition coefficient (Wildman–Crippen LogP) is 4.77. The van der Waals surface area contributed by atoms with Crippen molar-refractivity contribution >= 4 is 22.5 Å². The highest BCUT2D eigenvalue weighted by Crippen LogP contribution is 2.24. The van der Waals surface area contributed by atoms with E-state index in [-0.39, 0.29) is 17.9 Å². The number of nitrogens with zero attached hydrogens (tertiary/aromatic N) is 1. The summed E-state index contributed by atoms with van der Waals surface area (Å²) in [6, 6.07) is 15.5. The molecular formula is C23H26N2O2. The molecule has 2 aromatic carbocycles. The second-order valence-corrected chi connectivity index (χ2v) is 7.33. The van der Waals surface area contributed by atoms with Gasteiger partial charge in [-0.25, -0.2) is 0 Å². The van der Waals surface area contributed by atoms with Gasteiger partial charge in [0.05, 0.1) is 5.52 Å². The summed E-state index contributed by atoms with van der Waals surface area (Å²) in [4.78, 5) is 25.1. The summed E-state index contributed by atoms with van der Waals surface area (Å²) in [6.45, 7) is 8.51. The lowest BCUT2D eigenvalue weighted by molar-refractivity contribution is -0.116. The highest BCUT2D eigenvalue weighted by molar-refractivity contribution is 5.92. The van der Waals surface area contributed by atoms with Crippen LogP contribution in [0, 0.1) is 13.8 Å². The Labute approximate surface area is 159 Å². The molecule has 1 N–H and O–H groups in total. The van der Waals surface area contributed by atoms with Gasteiger partial charge in [0.15, 0.2) is 0 Å². The molecule has 0 unspecified atom stereocenters. The average Bonchev–Trinajstić information content (AvgIpc) is 2.62. The maximum Gasteiger partial charge on any atom is 0.251 e. The molecule has 0 spiro atoms. The summed E-state index contributed by atoms with van der Waals surface area (Å²) in [5.41, 5.74) is 4.81. The lowest BCUT2D eigenvalue weighted by Crippen LogP contribution is -2.24. The minimum atomic E-state index is -0.0858. The highest BCUT2D eigenvalue weighted by atomic mass is 16.1. The molecule has 27 heavy (non-hydrogen) atoms. The van der Waals surface area contributed by atoms with Gasteiger partial charge in [-0.3, -0.25) is 9.59 Å².